The minimum Gasteiger partial charge on any atom is -0.496 e. The number of methoxy groups -OCH3 is 1. The van der Waals surface area contributed by atoms with E-state index in [-0.39, 0.29) is 12.0 Å². The summed E-state index contributed by atoms with van der Waals surface area (Å²) in [6.07, 6.45) is 0.858. The lowest BCUT2D eigenvalue weighted by atomic mass is 9.86. The molecule has 0 aromatic heterocycles. The average Bonchev–Trinajstić information content (AvgIpc) is 2.80. The summed E-state index contributed by atoms with van der Waals surface area (Å²) in [7, 11) is 1.65. The van der Waals surface area contributed by atoms with Gasteiger partial charge < -0.3 is 9.84 Å². The Morgan fingerprint density at radius 2 is 2.16 bits per heavy atom. The Hall–Kier alpha value is -1.59. The molecule has 0 bridgehead atoms. The molecule has 0 spiro atoms. The van der Waals surface area contributed by atoms with E-state index in [1.165, 1.54) is 0 Å². The molecule has 1 fully saturated rings. The zero-order valence-corrected chi connectivity index (χ0v) is 11.4. The molecule has 104 valence electrons. The fraction of sp³-hybridized carbons (Fsp3) is 0.500. The highest BCUT2D eigenvalue weighted by Crippen LogP contribution is 2.31. The second kappa shape index (κ2) is 5.59. The van der Waals surface area contributed by atoms with Crippen molar-refractivity contribution < 1.29 is 14.6 Å². The molecule has 1 aromatic rings. The fourth-order valence-corrected chi connectivity index (χ4v) is 2.67. The Labute approximate surface area is 112 Å². The number of carbonyl (C=O) groups is 1. The Kier molecular flexibility index (Phi) is 4.07. The van der Waals surface area contributed by atoms with Gasteiger partial charge in [-0.15, -0.1) is 0 Å². The van der Waals surface area contributed by atoms with Crippen molar-refractivity contribution >= 4 is 5.97 Å². The van der Waals surface area contributed by atoms with Gasteiger partial charge in [-0.2, -0.15) is 0 Å². The van der Waals surface area contributed by atoms with Gasteiger partial charge in [0.1, 0.15) is 11.8 Å². The third kappa shape index (κ3) is 2.57. The van der Waals surface area contributed by atoms with Crippen LogP contribution in [0.15, 0.2) is 18.2 Å². The molecule has 0 saturated carbocycles. The quantitative estimate of drug-likeness (QED) is 0.764. The highest BCUT2D eigenvalue weighted by molar-refractivity contribution is 5.75. The molecular formula is C14H20N2O3. The van der Waals surface area contributed by atoms with Crippen molar-refractivity contribution in [3.8, 4) is 5.75 Å². The SMILES string of the molecule is CCc1cc(C2C(C)NNC2C(=O)O)ccc1OC. The molecule has 1 aliphatic heterocycles. The number of hydrazine groups is 1. The molecule has 0 radical (unpaired) electrons. The smallest absolute Gasteiger partial charge is 0.322 e. The summed E-state index contributed by atoms with van der Waals surface area (Å²) >= 11 is 0. The predicted octanol–water partition coefficient (Wildman–Crippen LogP) is 1.29. The third-order valence-corrected chi connectivity index (χ3v) is 3.70. The van der Waals surface area contributed by atoms with E-state index in [1.54, 1.807) is 7.11 Å². The van der Waals surface area contributed by atoms with Crippen molar-refractivity contribution in [2.45, 2.75) is 38.3 Å². The van der Waals surface area contributed by atoms with E-state index >= 15 is 0 Å². The zero-order chi connectivity index (χ0) is 14.0. The maximum Gasteiger partial charge on any atom is 0.322 e. The molecule has 1 aromatic carbocycles. The van der Waals surface area contributed by atoms with Gasteiger partial charge in [-0.05, 0) is 30.5 Å². The predicted molar refractivity (Wildman–Crippen MR) is 72.3 cm³/mol. The number of ether oxygens (including phenoxy) is 1. The van der Waals surface area contributed by atoms with Crippen LogP contribution in [0.2, 0.25) is 0 Å². The number of hydrogen-bond donors (Lipinski definition) is 3. The number of aliphatic carboxylic acids is 1. The number of benzene rings is 1. The molecule has 1 heterocycles. The lowest BCUT2D eigenvalue weighted by Gasteiger charge is -2.20. The van der Waals surface area contributed by atoms with E-state index in [1.807, 2.05) is 25.1 Å². The number of aryl methyl sites for hydroxylation is 1. The first-order valence-electron chi connectivity index (χ1n) is 6.49. The average molecular weight is 264 g/mol. The van der Waals surface area contributed by atoms with Crippen LogP contribution in [0.3, 0.4) is 0 Å². The van der Waals surface area contributed by atoms with Gasteiger partial charge in [0.15, 0.2) is 0 Å². The Morgan fingerprint density at radius 1 is 1.42 bits per heavy atom. The lowest BCUT2D eigenvalue weighted by molar-refractivity contribution is -0.139. The summed E-state index contributed by atoms with van der Waals surface area (Å²) < 4.78 is 5.31. The van der Waals surface area contributed by atoms with Crippen LogP contribution in [0.4, 0.5) is 0 Å². The fourth-order valence-electron chi connectivity index (χ4n) is 2.67. The van der Waals surface area contributed by atoms with Gasteiger partial charge in [0.25, 0.3) is 0 Å². The first-order valence-corrected chi connectivity index (χ1v) is 6.49. The zero-order valence-electron chi connectivity index (χ0n) is 11.4. The van der Waals surface area contributed by atoms with Gasteiger partial charge in [-0.1, -0.05) is 19.1 Å². The number of hydrogen-bond acceptors (Lipinski definition) is 4. The maximum atomic E-state index is 11.3. The first-order chi connectivity index (χ1) is 9.08. The monoisotopic (exact) mass is 264 g/mol. The number of nitrogens with one attached hydrogen (secondary N) is 2. The van der Waals surface area contributed by atoms with Gasteiger partial charge in [0.2, 0.25) is 0 Å². The van der Waals surface area contributed by atoms with Crippen LogP contribution in [-0.2, 0) is 11.2 Å². The summed E-state index contributed by atoms with van der Waals surface area (Å²) in [5, 5.41) is 9.26. The molecule has 0 aliphatic carbocycles. The van der Waals surface area contributed by atoms with E-state index in [2.05, 4.69) is 17.8 Å². The van der Waals surface area contributed by atoms with Crippen LogP contribution >= 0.6 is 0 Å². The normalized spacial score (nSPS) is 26.4. The second-order valence-electron chi connectivity index (χ2n) is 4.84. The summed E-state index contributed by atoms with van der Waals surface area (Å²) in [5.41, 5.74) is 7.97. The number of rotatable bonds is 4. The van der Waals surface area contributed by atoms with Crippen LogP contribution in [0.25, 0.3) is 0 Å². The van der Waals surface area contributed by atoms with Crippen LogP contribution in [0.1, 0.15) is 30.9 Å². The highest BCUT2D eigenvalue weighted by Gasteiger charge is 2.39. The summed E-state index contributed by atoms with van der Waals surface area (Å²) in [5.74, 6) is -0.0749. The summed E-state index contributed by atoms with van der Waals surface area (Å²) in [4.78, 5) is 11.3. The van der Waals surface area contributed by atoms with E-state index in [0.717, 1.165) is 23.3 Å². The van der Waals surface area contributed by atoms with Gasteiger partial charge in [-0.3, -0.25) is 10.2 Å². The first kappa shape index (κ1) is 13.8. The molecule has 5 nitrogen and oxygen atoms in total. The molecule has 3 unspecified atom stereocenters. The van der Waals surface area contributed by atoms with E-state index in [9.17, 15) is 9.90 Å². The van der Waals surface area contributed by atoms with Crippen LogP contribution in [0, 0.1) is 0 Å². The van der Waals surface area contributed by atoms with E-state index < -0.39 is 12.0 Å². The van der Waals surface area contributed by atoms with Crippen LogP contribution in [-0.4, -0.2) is 30.3 Å². The second-order valence-corrected chi connectivity index (χ2v) is 4.84. The van der Waals surface area contributed by atoms with Crippen LogP contribution in [0.5, 0.6) is 5.75 Å². The van der Waals surface area contributed by atoms with E-state index in [0.29, 0.717) is 0 Å². The standard InChI is InChI=1S/C14H20N2O3/c1-4-9-7-10(5-6-11(9)19-3)12-8(2)15-16-13(12)14(17)18/h5-8,12-13,15-16H,4H2,1-3H3,(H,17,18). The minimum absolute atomic E-state index is 0.0687. The van der Waals surface area contributed by atoms with Crippen molar-refractivity contribution in [3.63, 3.8) is 0 Å². The summed E-state index contributed by atoms with van der Waals surface area (Å²) in [6.45, 7) is 4.04. The van der Waals surface area contributed by atoms with Crippen molar-refractivity contribution in [2.24, 2.45) is 0 Å². The molecule has 19 heavy (non-hydrogen) atoms. The van der Waals surface area contributed by atoms with Crippen molar-refractivity contribution in [3.05, 3.63) is 29.3 Å². The molecule has 3 N–H and O–H groups in total. The molecule has 3 atom stereocenters. The molecule has 1 saturated heterocycles. The third-order valence-electron chi connectivity index (χ3n) is 3.70. The maximum absolute atomic E-state index is 11.3. The van der Waals surface area contributed by atoms with Crippen molar-refractivity contribution in [1.29, 1.82) is 0 Å². The van der Waals surface area contributed by atoms with E-state index in [4.69, 9.17) is 4.74 Å². The Balaban J connectivity index is 2.37. The minimum atomic E-state index is -0.837. The number of carboxylic acid groups (broad SMARTS) is 1. The Morgan fingerprint density at radius 3 is 2.74 bits per heavy atom. The van der Waals surface area contributed by atoms with Crippen LogP contribution < -0.4 is 15.6 Å². The molecule has 0 amide bonds. The van der Waals surface area contributed by atoms with Crippen molar-refractivity contribution in [2.75, 3.05) is 7.11 Å². The molecule has 2 rings (SSSR count). The van der Waals surface area contributed by atoms with Gasteiger partial charge in [0, 0.05) is 12.0 Å². The van der Waals surface area contributed by atoms with Gasteiger partial charge >= 0.3 is 5.97 Å². The molecule has 1 aliphatic rings. The molecule has 5 heteroatoms. The molecular weight excluding hydrogens is 244 g/mol. The van der Waals surface area contributed by atoms with Gasteiger partial charge in [0.05, 0.1) is 7.11 Å². The topological polar surface area (TPSA) is 70.6 Å². The largest absolute Gasteiger partial charge is 0.496 e. The number of carboxylic acids is 1. The lowest BCUT2D eigenvalue weighted by Crippen LogP contribution is -2.38. The highest BCUT2D eigenvalue weighted by atomic mass is 16.5. The Bertz CT molecular complexity index is 476. The van der Waals surface area contributed by atoms with Gasteiger partial charge in [-0.25, -0.2) is 5.43 Å². The van der Waals surface area contributed by atoms with Crippen molar-refractivity contribution in [1.82, 2.24) is 10.9 Å². The summed E-state index contributed by atoms with van der Waals surface area (Å²) in [6, 6.07) is 5.37.